The van der Waals surface area contributed by atoms with E-state index in [4.69, 9.17) is 0 Å². The van der Waals surface area contributed by atoms with Crippen LogP contribution in [0.4, 0.5) is 8.78 Å². The Balaban J connectivity index is 1.82. The van der Waals surface area contributed by atoms with Crippen molar-refractivity contribution in [1.29, 1.82) is 0 Å². The molecule has 1 heterocycles. The Morgan fingerprint density at radius 3 is 2.19 bits per heavy atom. The lowest BCUT2D eigenvalue weighted by atomic mass is 10.0. The van der Waals surface area contributed by atoms with Crippen LogP contribution in [0.15, 0.2) is 53.4 Å². The molecule has 0 radical (unpaired) electrons. The Morgan fingerprint density at radius 1 is 1.00 bits per heavy atom. The van der Waals surface area contributed by atoms with Crippen molar-refractivity contribution in [2.45, 2.75) is 24.8 Å². The van der Waals surface area contributed by atoms with Gasteiger partial charge in [0, 0.05) is 39.3 Å². The SMILES string of the molecule is CCN(CC)C(=O)C(c1ccccc1)N1CCN(S(=O)(=O)c2cc(F)ccc2F)CC1. The van der Waals surface area contributed by atoms with Crippen molar-refractivity contribution in [2.75, 3.05) is 39.3 Å². The molecule has 0 saturated carbocycles. The highest BCUT2D eigenvalue weighted by molar-refractivity contribution is 7.89. The fourth-order valence-electron chi connectivity index (χ4n) is 3.87. The molecule has 3 rings (SSSR count). The number of benzene rings is 2. The first-order valence-corrected chi connectivity index (χ1v) is 11.8. The number of amides is 1. The van der Waals surface area contributed by atoms with Gasteiger partial charge < -0.3 is 4.90 Å². The number of likely N-dealkylation sites (N-methyl/N-ethyl adjacent to an activating group) is 1. The summed E-state index contributed by atoms with van der Waals surface area (Å²) in [6.07, 6.45) is 0. The van der Waals surface area contributed by atoms with Crippen molar-refractivity contribution in [1.82, 2.24) is 14.1 Å². The van der Waals surface area contributed by atoms with Gasteiger partial charge in [-0.25, -0.2) is 17.2 Å². The van der Waals surface area contributed by atoms with E-state index in [0.717, 1.165) is 22.0 Å². The number of hydrogen-bond donors (Lipinski definition) is 0. The van der Waals surface area contributed by atoms with Crippen LogP contribution in [0, 0.1) is 11.6 Å². The third kappa shape index (κ3) is 4.94. The lowest BCUT2D eigenvalue weighted by Gasteiger charge is -2.39. The number of nitrogens with zero attached hydrogens (tertiary/aromatic N) is 3. The summed E-state index contributed by atoms with van der Waals surface area (Å²) in [5.41, 5.74) is 0.840. The van der Waals surface area contributed by atoms with Crippen LogP contribution in [-0.4, -0.2) is 67.7 Å². The van der Waals surface area contributed by atoms with E-state index in [1.54, 1.807) is 4.90 Å². The van der Waals surface area contributed by atoms with Crippen LogP contribution in [-0.2, 0) is 14.8 Å². The minimum absolute atomic E-state index is 0.0383. The second-order valence-electron chi connectivity index (χ2n) is 7.34. The van der Waals surface area contributed by atoms with E-state index < -0.39 is 32.6 Å². The van der Waals surface area contributed by atoms with Gasteiger partial charge >= 0.3 is 0 Å². The molecule has 168 valence electrons. The Labute approximate surface area is 182 Å². The van der Waals surface area contributed by atoms with Gasteiger partial charge in [-0.1, -0.05) is 30.3 Å². The molecular formula is C22H27F2N3O3S. The summed E-state index contributed by atoms with van der Waals surface area (Å²) < 4.78 is 54.5. The van der Waals surface area contributed by atoms with Gasteiger partial charge in [0.2, 0.25) is 15.9 Å². The van der Waals surface area contributed by atoms with Crippen LogP contribution in [0.1, 0.15) is 25.5 Å². The maximum atomic E-state index is 14.1. The highest BCUT2D eigenvalue weighted by atomic mass is 32.2. The molecule has 1 fully saturated rings. The first-order valence-electron chi connectivity index (χ1n) is 10.3. The predicted octanol–water partition coefficient (Wildman–Crippen LogP) is 2.88. The summed E-state index contributed by atoms with van der Waals surface area (Å²) in [5.74, 6) is -1.83. The summed E-state index contributed by atoms with van der Waals surface area (Å²) in [6, 6.07) is 11.2. The summed E-state index contributed by atoms with van der Waals surface area (Å²) in [4.78, 5) is 16.3. The highest BCUT2D eigenvalue weighted by Gasteiger charge is 2.36. The van der Waals surface area contributed by atoms with E-state index in [9.17, 15) is 22.0 Å². The van der Waals surface area contributed by atoms with Gasteiger partial charge in [0.25, 0.3) is 0 Å². The number of halogens is 2. The lowest BCUT2D eigenvalue weighted by molar-refractivity contribution is -0.137. The Hall–Kier alpha value is -2.36. The van der Waals surface area contributed by atoms with Crippen LogP contribution in [0.3, 0.4) is 0 Å². The second kappa shape index (κ2) is 9.84. The molecule has 2 aromatic rings. The lowest BCUT2D eigenvalue weighted by Crippen LogP contribution is -2.52. The van der Waals surface area contributed by atoms with Gasteiger partial charge in [0.1, 0.15) is 22.6 Å². The van der Waals surface area contributed by atoms with Gasteiger partial charge in [-0.05, 0) is 37.6 Å². The van der Waals surface area contributed by atoms with E-state index in [-0.39, 0.29) is 19.0 Å². The van der Waals surface area contributed by atoms with Crippen molar-refractivity contribution in [2.24, 2.45) is 0 Å². The zero-order valence-corrected chi connectivity index (χ0v) is 18.5. The molecule has 31 heavy (non-hydrogen) atoms. The number of carbonyl (C=O) groups excluding carboxylic acids is 1. The van der Waals surface area contributed by atoms with E-state index in [2.05, 4.69) is 0 Å². The molecule has 1 saturated heterocycles. The average molecular weight is 452 g/mol. The van der Waals surface area contributed by atoms with Gasteiger partial charge in [-0.2, -0.15) is 4.31 Å². The van der Waals surface area contributed by atoms with Crippen molar-refractivity contribution in [3.05, 3.63) is 65.7 Å². The van der Waals surface area contributed by atoms with Crippen LogP contribution in [0.2, 0.25) is 0 Å². The van der Waals surface area contributed by atoms with Gasteiger partial charge in [0.15, 0.2) is 0 Å². The second-order valence-corrected chi connectivity index (χ2v) is 9.24. The zero-order valence-electron chi connectivity index (χ0n) is 17.7. The molecule has 1 atom stereocenters. The molecule has 1 unspecified atom stereocenters. The highest BCUT2D eigenvalue weighted by Crippen LogP contribution is 2.27. The molecule has 0 N–H and O–H groups in total. The normalized spacial score (nSPS) is 16.8. The third-order valence-corrected chi connectivity index (χ3v) is 7.49. The minimum atomic E-state index is -4.18. The van der Waals surface area contributed by atoms with E-state index in [1.807, 2.05) is 49.1 Å². The number of piperazine rings is 1. The quantitative estimate of drug-likeness (QED) is 0.650. The van der Waals surface area contributed by atoms with Crippen LogP contribution >= 0.6 is 0 Å². The molecule has 1 amide bonds. The Morgan fingerprint density at radius 2 is 1.61 bits per heavy atom. The molecule has 1 aliphatic heterocycles. The maximum Gasteiger partial charge on any atom is 0.246 e. The van der Waals surface area contributed by atoms with Crippen molar-refractivity contribution >= 4 is 15.9 Å². The summed E-state index contributed by atoms with van der Waals surface area (Å²) in [6.45, 7) is 5.73. The van der Waals surface area contributed by atoms with Gasteiger partial charge in [-0.3, -0.25) is 9.69 Å². The summed E-state index contributed by atoms with van der Waals surface area (Å²) in [5, 5.41) is 0. The van der Waals surface area contributed by atoms with Crippen LogP contribution in [0.25, 0.3) is 0 Å². The minimum Gasteiger partial charge on any atom is -0.342 e. The standard InChI is InChI=1S/C22H27F2N3O3S/c1-3-25(4-2)22(28)21(17-8-6-5-7-9-17)26-12-14-27(15-13-26)31(29,30)20-16-18(23)10-11-19(20)24/h5-11,16,21H,3-4,12-15H2,1-2H3. The van der Waals surface area contributed by atoms with Gasteiger partial charge in [-0.15, -0.1) is 0 Å². The first-order chi connectivity index (χ1) is 14.8. The molecular weight excluding hydrogens is 424 g/mol. The molecule has 0 spiro atoms. The molecule has 0 aliphatic carbocycles. The topological polar surface area (TPSA) is 60.9 Å². The summed E-state index contributed by atoms with van der Waals surface area (Å²) in [7, 11) is -4.18. The van der Waals surface area contributed by atoms with Crippen LogP contribution < -0.4 is 0 Å². The monoisotopic (exact) mass is 451 g/mol. The van der Waals surface area contributed by atoms with Crippen molar-refractivity contribution < 1.29 is 22.0 Å². The number of carbonyl (C=O) groups is 1. The number of sulfonamides is 1. The number of rotatable bonds is 7. The predicted molar refractivity (Wildman–Crippen MR) is 114 cm³/mol. The van der Waals surface area contributed by atoms with E-state index >= 15 is 0 Å². The first kappa shape index (κ1) is 23.3. The van der Waals surface area contributed by atoms with Crippen LogP contribution in [0.5, 0.6) is 0 Å². The van der Waals surface area contributed by atoms with Crippen molar-refractivity contribution in [3.8, 4) is 0 Å². The molecule has 0 bridgehead atoms. The summed E-state index contributed by atoms with van der Waals surface area (Å²) >= 11 is 0. The Bertz CT molecular complexity index is 1010. The fraction of sp³-hybridized carbons (Fsp3) is 0.409. The maximum absolute atomic E-state index is 14.1. The molecule has 1 aliphatic rings. The molecule has 2 aromatic carbocycles. The van der Waals surface area contributed by atoms with Gasteiger partial charge in [0.05, 0.1) is 0 Å². The zero-order chi connectivity index (χ0) is 22.6. The molecule has 9 heteroatoms. The largest absolute Gasteiger partial charge is 0.342 e. The smallest absolute Gasteiger partial charge is 0.246 e. The fourth-order valence-corrected chi connectivity index (χ4v) is 5.37. The van der Waals surface area contributed by atoms with E-state index in [1.165, 1.54) is 0 Å². The van der Waals surface area contributed by atoms with Crippen molar-refractivity contribution in [3.63, 3.8) is 0 Å². The average Bonchev–Trinajstić information content (AvgIpc) is 2.77. The number of hydrogen-bond acceptors (Lipinski definition) is 4. The molecule has 0 aromatic heterocycles. The third-order valence-electron chi connectivity index (χ3n) is 5.57. The molecule has 6 nitrogen and oxygen atoms in total. The Kier molecular flexibility index (Phi) is 7.40. The van der Waals surface area contributed by atoms with E-state index in [0.29, 0.717) is 32.2 Å².